The molecule has 0 rings (SSSR count). The molecule has 0 saturated heterocycles. The quantitative estimate of drug-likeness (QED) is 0.578. The van der Waals surface area contributed by atoms with Gasteiger partial charge in [-0.25, -0.2) is 0 Å². The minimum Gasteiger partial charge on any atom is -0.320 e. The Morgan fingerprint density at radius 3 is 2.16 bits per heavy atom. The van der Waals surface area contributed by atoms with E-state index in [2.05, 4.69) is 10.6 Å². The number of rotatable bonds is 11. The highest BCUT2D eigenvalue weighted by Crippen LogP contribution is 2.09. The molecule has 0 radical (unpaired) electrons. The molecule has 0 unspecified atom stereocenters. The fourth-order valence-electron chi connectivity index (χ4n) is 1.90. The van der Waals surface area contributed by atoms with Gasteiger partial charge in [0, 0.05) is 12.3 Å². The molecule has 0 saturated carbocycles. The highest BCUT2D eigenvalue weighted by Gasteiger charge is 2.18. The molecule has 0 aromatic heterocycles. The molecule has 0 fully saturated rings. The van der Waals surface area contributed by atoms with Crippen molar-refractivity contribution in [1.29, 1.82) is 0 Å². The van der Waals surface area contributed by atoms with E-state index in [4.69, 9.17) is 0 Å². The molecular formula is C14H26N2O3. The predicted molar refractivity (Wildman–Crippen MR) is 75.1 cm³/mol. The number of carbonyl (C=O) groups is 3. The average molecular weight is 270 g/mol. The molecule has 0 heterocycles. The summed E-state index contributed by atoms with van der Waals surface area (Å²) in [4.78, 5) is 34.4. The first-order chi connectivity index (χ1) is 8.92. The van der Waals surface area contributed by atoms with E-state index in [1.165, 1.54) is 13.8 Å². The van der Waals surface area contributed by atoms with Crippen LogP contribution in [0.15, 0.2) is 0 Å². The lowest BCUT2D eigenvalue weighted by Crippen LogP contribution is -2.40. The zero-order chi connectivity index (χ0) is 14.8. The maximum Gasteiger partial charge on any atom is 0.147 e. The summed E-state index contributed by atoms with van der Waals surface area (Å²) < 4.78 is 0. The van der Waals surface area contributed by atoms with Crippen LogP contribution in [0, 0.1) is 5.92 Å². The lowest BCUT2D eigenvalue weighted by molar-refractivity contribution is -0.126. The lowest BCUT2D eigenvalue weighted by Gasteiger charge is -2.16. The Balaban J connectivity index is 4.17. The smallest absolute Gasteiger partial charge is 0.147 e. The van der Waals surface area contributed by atoms with Crippen molar-refractivity contribution in [2.45, 2.75) is 46.1 Å². The van der Waals surface area contributed by atoms with Gasteiger partial charge in [-0.05, 0) is 40.3 Å². The third kappa shape index (κ3) is 7.85. The van der Waals surface area contributed by atoms with E-state index in [1.54, 1.807) is 0 Å². The van der Waals surface area contributed by atoms with E-state index >= 15 is 0 Å². The summed E-state index contributed by atoms with van der Waals surface area (Å²) in [6.45, 7) is 5.80. The van der Waals surface area contributed by atoms with E-state index in [0.29, 0.717) is 12.8 Å². The molecular weight excluding hydrogens is 244 g/mol. The van der Waals surface area contributed by atoms with Crippen LogP contribution in [0.3, 0.4) is 0 Å². The van der Waals surface area contributed by atoms with E-state index in [1.807, 2.05) is 14.0 Å². The fraction of sp³-hybridized carbons (Fsp3) is 0.786. The van der Waals surface area contributed by atoms with Gasteiger partial charge in [-0.3, -0.25) is 14.4 Å². The molecule has 19 heavy (non-hydrogen) atoms. The van der Waals surface area contributed by atoms with Crippen LogP contribution in [0.25, 0.3) is 0 Å². The first-order valence-corrected chi connectivity index (χ1v) is 6.82. The van der Waals surface area contributed by atoms with Crippen molar-refractivity contribution in [3.63, 3.8) is 0 Å². The number of Topliss-reactive ketones (excluding diaryl/α,β-unsaturated/α-hetero) is 3. The van der Waals surface area contributed by atoms with Gasteiger partial charge in [0.05, 0.1) is 12.6 Å². The second-order valence-electron chi connectivity index (χ2n) is 4.89. The third-order valence-corrected chi connectivity index (χ3v) is 3.26. The summed E-state index contributed by atoms with van der Waals surface area (Å²) in [5.74, 6) is -0.129. The van der Waals surface area contributed by atoms with Crippen LogP contribution >= 0.6 is 0 Å². The van der Waals surface area contributed by atoms with Gasteiger partial charge in [0.2, 0.25) is 0 Å². The van der Waals surface area contributed by atoms with Gasteiger partial charge >= 0.3 is 0 Å². The van der Waals surface area contributed by atoms with Crippen molar-refractivity contribution >= 4 is 17.3 Å². The van der Waals surface area contributed by atoms with Gasteiger partial charge in [-0.1, -0.05) is 6.92 Å². The molecule has 0 bridgehead atoms. The second kappa shape index (κ2) is 9.81. The van der Waals surface area contributed by atoms with Crippen LogP contribution in [0.5, 0.6) is 0 Å². The van der Waals surface area contributed by atoms with Crippen LogP contribution in [0.1, 0.15) is 40.0 Å². The molecule has 5 heteroatoms. The Bertz CT molecular complexity index is 316. The van der Waals surface area contributed by atoms with Crippen LogP contribution in [-0.2, 0) is 14.4 Å². The van der Waals surface area contributed by atoms with E-state index in [9.17, 15) is 14.4 Å². The van der Waals surface area contributed by atoms with Crippen molar-refractivity contribution in [1.82, 2.24) is 10.6 Å². The number of carbonyl (C=O) groups excluding carboxylic acids is 3. The highest BCUT2D eigenvalue weighted by atomic mass is 16.1. The molecule has 0 amide bonds. The molecule has 0 aromatic rings. The van der Waals surface area contributed by atoms with E-state index in [0.717, 1.165) is 6.54 Å². The maximum atomic E-state index is 11.8. The van der Waals surface area contributed by atoms with Crippen LogP contribution < -0.4 is 10.6 Å². The van der Waals surface area contributed by atoms with E-state index < -0.39 is 0 Å². The SMILES string of the molecule is CC[C@@H](CC(=O)CN[C@@H](CCNC)C(C)=O)C(C)=O. The first kappa shape index (κ1) is 17.9. The van der Waals surface area contributed by atoms with Crippen molar-refractivity contribution in [2.24, 2.45) is 5.92 Å². The fourth-order valence-corrected chi connectivity index (χ4v) is 1.90. The Labute approximate surface area is 115 Å². The molecule has 2 N–H and O–H groups in total. The second-order valence-corrected chi connectivity index (χ2v) is 4.89. The summed E-state index contributed by atoms with van der Waals surface area (Å²) in [7, 11) is 1.82. The molecule has 0 spiro atoms. The van der Waals surface area contributed by atoms with E-state index in [-0.39, 0.29) is 42.3 Å². The van der Waals surface area contributed by atoms with Gasteiger partial charge in [0.25, 0.3) is 0 Å². The number of hydrogen-bond acceptors (Lipinski definition) is 5. The first-order valence-electron chi connectivity index (χ1n) is 6.82. The summed E-state index contributed by atoms with van der Waals surface area (Å²) >= 11 is 0. The van der Waals surface area contributed by atoms with Gasteiger partial charge < -0.3 is 10.6 Å². The Hall–Kier alpha value is -1.07. The zero-order valence-electron chi connectivity index (χ0n) is 12.4. The lowest BCUT2D eigenvalue weighted by atomic mass is 9.95. The minimum absolute atomic E-state index is 0.0160. The third-order valence-electron chi connectivity index (χ3n) is 3.26. The Morgan fingerprint density at radius 1 is 1.11 bits per heavy atom. The molecule has 5 nitrogen and oxygen atoms in total. The predicted octanol–water partition coefficient (Wildman–Crippen LogP) is 0.718. The highest BCUT2D eigenvalue weighted by molar-refractivity contribution is 5.88. The molecule has 0 aliphatic carbocycles. The van der Waals surface area contributed by atoms with Crippen molar-refractivity contribution in [2.75, 3.05) is 20.1 Å². The van der Waals surface area contributed by atoms with Crippen molar-refractivity contribution in [3.8, 4) is 0 Å². The maximum absolute atomic E-state index is 11.8. The monoisotopic (exact) mass is 270 g/mol. The number of hydrogen-bond donors (Lipinski definition) is 2. The van der Waals surface area contributed by atoms with Crippen LogP contribution in [-0.4, -0.2) is 43.5 Å². The van der Waals surface area contributed by atoms with Gasteiger partial charge in [0.1, 0.15) is 17.3 Å². The normalized spacial score (nSPS) is 13.9. The average Bonchev–Trinajstić information content (AvgIpc) is 2.35. The number of ketones is 3. The van der Waals surface area contributed by atoms with Crippen molar-refractivity contribution in [3.05, 3.63) is 0 Å². The summed E-state index contributed by atoms with van der Waals surface area (Å²) in [5, 5.41) is 5.95. The number of nitrogens with one attached hydrogen (secondary N) is 2. The van der Waals surface area contributed by atoms with Gasteiger partial charge in [0.15, 0.2) is 0 Å². The van der Waals surface area contributed by atoms with Crippen LogP contribution in [0.2, 0.25) is 0 Å². The summed E-state index contributed by atoms with van der Waals surface area (Å²) in [5.41, 5.74) is 0. The molecule has 0 aromatic carbocycles. The topological polar surface area (TPSA) is 75.3 Å². The standard InChI is InChI=1S/C14H26N2O3/c1-5-12(10(2)17)8-13(19)9-16-14(11(3)18)6-7-15-4/h12,14-16H,5-9H2,1-4H3/t12-,14-/m0/s1. The Kier molecular flexibility index (Phi) is 9.26. The van der Waals surface area contributed by atoms with Gasteiger partial charge in [-0.2, -0.15) is 0 Å². The summed E-state index contributed by atoms with van der Waals surface area (Å²) in [6.07, 6.45) is 1.59. The largest absolute Gasteiger partial charge is 0.320 e. The van der Waals surface area contributed by atoms with Crippen LogP contribution in [0.4, 0.5) is 0 Å². The molecule has 0 aliphatic heterocycles. The Morgan fingerprint density at radius 2 is 1.74 bits per heavy atom. The van der Waals surface area contributed by atoms with Gasteiger partial charge in [-0.15, -0.1) is 0 Å². The molecule has 110 valence electrons. The zero-order valence-corrected chi connectivity index (χ0v) is 12.4. The molecule has 0 aliphatic rings. The summed E-state index contributed by atoms with van der Waals surface area (Å²) in [6, 6.07) is -0.297. The minimum atomic E-state index is -0.297. The van der Waals surface area contributed by atoms with Crippen molar-refractivity contribution < 1.29 is 14.4 Å². The molecule has 2 atom stereocenters.